The van der Waals surface area contributed by atoms with Gasteiger partial charge in [0.1, 0.15) is 0 Å². The molecule has 1 aromatic carbocycles. The number of carbonyl (C=O) groups excluding carboxylic acids is 1. The number of hydrogen-bond donors (Lipinski definition) is 2. The van der Waals surface area contributed by atoms with Gasteiger partial charge >= 0.3 is 0 Å². The smallest absolute Gasteiger partial charge is 0.220 e. The van der Waals surface area contributed by atoms with Gasteiger partial charge in [-0.3, -0.25) is 4.79 Å². The summed E-state index contributed by atoms with van der Waals surface area (Å²) < 4.78 is 0. The highest BCUT2D eigenvalue weighted by atomic mass is 16.1. The molecule has 1 amide bonds. The Morgan fingerprint density at radius 2 is 1.70 bits per heavy atom. The first kappa shape index (κ1) is 16.7. The Bertz CT molecular complexity index is 373. The summed E-state index contributed by atoms with van der Waals surface area (Å²) in [4.78, 5) is 11.7. The van der Waals surface area contributed by atoms with E-state index in [1.165, 1.54) is 24.8 Å². The van der Waals surface area contributed by atoms with Crippen molar-refractivity contribution < 1.29 is 4.79 Å². The van der Waals surface area contributed by atoms with Gasteiger partial charge in [0.2, 0.25) is 5.91 Å². The van der Waals surface area contributed by atoms with Crippen molar-refractivity contribution in [2.75, 3.05) is 6.54 Å². The Kier molecular flexibility index (Phi) is 8.72. The second-order valence-electron chi connectivity index (χ2n) is 5.30. The minimum Gasteiger partial charge on any atom is -0.352 e. The van der Waals surface area contributed by atoms with Crippen LogP contribution in [0.1, 0.15) is 56.6 Å². The van der Waals surface area contributed by atoms with Crippen molar-refractivity contribution in [1.82, 2.24) is 5.32 Å². The van der Waals surface area contributed by atoms with Gasteiger partial charge in [0.05, 0.1) is 0 Å². The van der Waals surface area contributed by atoms with Crippen molar-refractivity contribution in [3.05, 3.63) is 35.4 Å². The Morgan fingerprint density at radius 1 is 1.05 bits per heavy atom. The zero-order valence-electron chi connectivity index (χ0n) is 12.7. The van der Waals surface area contributed by atoms with Gasteiger partial charge in [0.25, 0.3) is 0 Å². The SMILES string of the molecule is CCCCCCCC(=O)NCc1ccc(CCN)cc1. The molecule has 0 atom stereocenters. The van der Waals surface area contributed by atoms with E-state index >= 15 is 0 Å². The second-order valence-corrected chi connectivity index (χ2v) is 5.30. The van der Waals surface area contributed by atoms with Crippen LogP contribution >= 0.6 is 0 Å². The molecule has 3 heteroatoms. The number of carbonyl (C=O) groups is 1. The lowest BCUT2D eigenvalue weighted by atomic mass is 10.1. The lowest BCUT2D eigenvalue weighted by molar-refractivity contribution is -0.121. The predicted molar refractivity (Wildman–Crippen MR) is 84.4 cm³/mol. The lowest BCUT2D eigenvalue weighted by Gasteiger charge is -2.06. The summed E-state index contributed by atoms with van der Waals surface area (Å²) in [5.41, 5.74) is 7.91. The third-order valence-electron chi connectivity index (χ3n) is 3.45. The van der Waals surface area contributed by atoms with Gasteiger partial charge in [-0.1, -0.05) is 56.9 Å². The molecule has 1 rings (SSSR count). The summed E-state index contributed by atoms with van der Waals surface area (Å²) in [7, 11) is 0. The minimum atomic E-state index is 0.160. The Balaban J connectivity index is 2.16. The number of hydrogen-bond acceptors (Lipinski definition) is 2. The normalized spacial score (nSPS) is 10.5. The number of rotatable bonds is 10. The van der Waals surface area contributed by atoms with Crippen LogP contribution in [0.3, 0.4) is 0 Å². The van der Waals surface area contributed by atoms with Crippen LogP contribution in [0, 0.1) is 0 Å². The molecule has 0 heterocycles. The van der Waals surface area contributed by atoms with E-state index in [9.17, 15) is 4.79 Å². The molecule has 112 valence electrons. The van der Waals surface area contributed by atoms with Crippen LogP contribution in [0.2, 0.25) is 0 Å². The fourth-order valence-electron chi connectivity index (χ4n) is 2.17. The van der Waals surface area contributed by atoms with Crippen LogP contribution in [-0.2, 0) is 17.8 Å². The maximum absolute atomic E-state index is 11.7. The molecule has 0 spiro atoms. The molecule has 1 aromatic rings. The van der Waals surface area contributed by atoms with Crippen molar-refractivity contribution in [2.45, 2.75) is 58.4 Å². The van der Waals surface area contributed by atoms with Gasteiger partial charge in [0, 0.05) is 13.0 Å². The van der Waals surface area contributed by atoms with E-state index in [0.717, 1.165) is 24.8 Å². The number of nitrogens with two attached hydrogens (primary N) is 1. The largest absolute Gasteiger partial charge is 0.352 e. The molecule has 3 nitrogen and oxygen atoms in total. The number of amides is 1. The van der Waals surface area contributed by atoms with E-state index < -0.39 is 0 Å². The third kappa shape index (κ3) is 7.29. The monoisotopic (exact) mass is 276 g/mol. The van der Waals surface area contributed by atoms with Crippen LogP contribution in [0.15, 0.2) is 24.3 Å². The Morgan fingerprint density at radius 3 is 2.35 bits per heavy atom. The summed E-state index contributed by atoms with van der Waals surface area (Å²) in [6, 6.07) is 8.29. The number of unbranched alkanes of at least 4 members (excludes halogenated alkanes) is 4. The van der Waals surface area contributed by atoms with E-state index in [2.05, 4.69) is 36.5 Å². The molecule has 0 bridgehead atoms. The minimum absolute atomic E-state index is 0.160. The van der Waals surface area contributed by atoms with E-state index in [1.54, 1.807) is 0 Å². The molecule has 0 radical (unpaired) electrons. The highest BCUT2D eigenvalue weighted by Gasteiger charge is 2.01. The Labute approximate surface area is 122 Å². The summed E-state index contributed by atoms with van der Waals surface area (Å²) in [6.07, 6.45) is 7.48. The second kappa shape index (κ2) is 10.4. The first-order chi connectivity index (χ1) is 9.76. The molecular weight excluding hydrogens is 248 g/mol. The molecule has 0 aliphatic heterocycles. The molecule has 20 heavy (non-hydrogen) atoms. The number of benzene rings is 1. The fourth-order valence-corrected chi connectivity index (χ4v) is 2.17. The molecule has 0 aliphatic carbocycles. The molecule has 0 saturated carbocycles. The summed E-state index contributed by atoms with van der Waals surface area (Å²) >= 11 is 0. The summed E-state index contributed by atoms with van der Waals surface area (Å²) in [5, 5.41) is 2.98. The zero-order chi connectivity index (χ0) is 14.6. The van der Waals surface area contributed by atoms with Crippen LogP contribution < -0.4 is 11.1 Å². The van der Waals surface area contributed by atoms with Crippen LogP contribution in [0.4, 0.5) is 0 Å². The summed E-state index contributed by atoms with van der Waals surface area (Å²) in [5.74, 6) is 0.160. The van der Waals surface area contributed by atoms with Crippen LogP contribution in [-0.4, -0.2) is 12.5 Å². The maximum Gasteiger partial charge on any atom is 0.220 e. The lowest BCUT2D eigenvalue weighted by Crippen LogP contribution is -2.22. The molecule has 0 aliphatic rings. The van der Waals surface area contributed by atoms with Crippen molar-refractivity contribution >= 4 is 5.91 Å². The highest BCUT2D eigenvalue weighted by molar-refractivity contribution is 5.75. The van der Waals surface area contributed by atoms with Gasteiger partial charge in [-0.25, -0.2) is 0 Å². The van der Waals surface area contributed by atoms with Crippen molar-refractivity contribution in [1.29, 1.82) is 0 Å². The predicted octanol–water partition coefficient (Wildman–Crippen LogP) is 3.16. The topological polar surface area (TPSA) is 55.1 Å². The first-order valence-electron chi connectivity index (χ1n) is 7.81. The maximum atomic E-state index is 11.7. The van der Waals surface area contributed by atoms with E-state index in [4.69, 9.17) is 5.73 Å². The summed E-state index contributed by atoms with van der Waals surface area (Å²) in [6.45, 7) is 3.50. The quantitative estimate of drug-likeness (QED) is 0.645. The van der Waals surface area contributed by atoms with E-state index in [-0.39, 0.29) is 5.91 Å². The van der Waals surface area contributed by atoms with E-state index in [0.29, 0.717) is 19.5 Å². The average molecular weight is 276 g/mol. The van der Waals surface area contributed by atoms with E-state index in [1.807, 2.05) is 0 Å². The van der Waals surface area contributed by atoms with Crippen molar-refractivity contribution in [3.8, 4) is 0 Å². The van der Waals surface area contributed by atoms with Gasteiger partial charge in [-0.05, 0) is 30.5 Å². The molecule has 0 aromatic heterocycles. The van der Waals surface area contributed by atoms with Gasteiger partial charge in [-0.15, -0.1) is 0 Å². The number of nitrogens with one attached hydrogen (secondary N) is 1. The molecule has 0 fully saturated rings. The first-order valence-corrected chi connectivity index (χ1v) is 7.81. The van der Waals surface area contributed by atoms with Crippen molar-refractivity contribution in [3.63, 3.8) is 0 Å². The zero-order valence-corrected chi connectivity index (χ0v) is 12.7. The standard InChI is InChI=1S/C17H28N2O/c1-2-3-4-5-6-7-17(20)19-14-16-10-8-15(9-11-16)12-13-18/h8-11H,2-7,12-14,18H2,1H3,(H,19,20). The van der Waals surface area contributed by atoms with Gasteiger partial charge in [-0.2, -0.15) is 0 Å². The molecule has 0 saturated heterocycles. The van der Waals surface area contributed by atoms with Crippen molar-refractivity contribution in [2.24, 2.45) is 5.73 Å². The fraction of sp³-hybridized carbons (Fsp3) is 0.588. The molecule has 0 unspecified atom stereocenters. The van der Waals surface area contributed by atoms with Crippen LogP contribution in [0.25, 0.3) is 0 Å². The van der Waals surface area contributed by atoms with Gasteiger partial charge in [0.15, 0.2) is 0 Å². The molecular formula is C17H28N2O. The molecule has 3 N–H and O–H groups in total. The third-order valence-corrected chi connectivity index (χ3v) is 3.45. The Hall–Kier alpha value is -1.35. The van der Waals surface area contributed by atoms with Crippen LogP contribution in [0.5, 0.6) is 0 Å². The van der Waals surface area contributed by atoms with Gasteiger partial charge < -0.3 is 11.1 Å². The average Bonchev–Trinajstić information content (AvgIpc) is 2.47. The highest BCUT2D eigenvalue weighted by Crippen LogP contribution is 2.06.